The molecule has 31 heavy (non-hydrogen) atoms. The molecule has 0 bridgehead atoms. The molecule has 0 unspecified atom stereocenters. The number of nitrogens with one attached hydrogen (secondary N) is 1. The standard InChI is InChI=1S/C22H20ClN3O4S/c23-18-7-4-8-20(13-18)31(29,30)26(14-16-5-2-1-3-6-16)15-21(27)25-19-11-9-17(10-12-19)22(24)28/h1-13H,14-15H2,(H2,24,28)(H,25,27). The minimum absolute atomic E-state index is 0.00369. The van der Waals surface area contributed by atoms with Gasteiger partial charge < -0.3 is 11.1 Å². The van der Waals surface area contributed by atoms with Crippen LogP contribution in [0.3, 0.4) is 0 Å². The highest BCUT2D eigenvalue weighted by molar-refractivity contribution is 7.89. The Morgan fingerprint density at radius 2 is 1.61 bits per heavy atom. The molecule has 3 aromatic carbocycles. The molecule has 7 nitrogen and oxygen atoms in total. The summed E-state index contributed by atoms with van der Waals surface area (Å²) in [5.41, 5.74) is 6.65. The Hall–Kier alpha value is -3.20. The van der Waals surface area contributed by atoms with Crippen molar-refractivity contribution in [1.82, 2.24) is 4.31 Å². The van der Waals surface area contributed by atoms with Crippen molar-refractivity contribution in [3.05, 3.63) is 95.0 Å². The summed E-state index contributed by atoms with van der Waals surface area (Å²) in [5, 5.41) is 2.91. The molecule has 0 atom stereocenters. The van der Waals surface area contributed by atoms with E-state index >= 15 is 0 Å². The number of amides is 2. The third kappa shape index (κ3) is 5.91. The maximum Gasteiger partial charge on any atom is 0.248 e. The number of benzene rings is 3. The van der Waals surface area contributed by atoms with Crippen LogP contribution in [0.5, 0.6) is 0 Å². The van der Waals surface area contributed by atoms with Crippen molar-refractivity contribution in [3.8, 4) is 0 Å². The molecular formula is C22H20ClN3O4S. The molecule has 160 valence electrons. The van der Waals surface area contributed by atoms with Crippen LogP contribution in [-0.2, 0) is 21.4 Å². The molecule has 0 fully saturated rings. The summed E-state index contributed by atoms with van der Waals surface area (Å²) in [6.07, 6.45) is 0. The van der Waals surface area contributed by atoms with E-state index in [9.17, 15) is 18.0 Å². The summed E-state index contributed by atoms with van der Waals surface area (Å²) in [7, 11) is -4.00. The summed E-state index contributed by atoms with van der Waals surface area (Å²) in [5.74, 6) is -1.12. The van der Waals surface area contributed by atoms with Crippen LogP contribution in [0.4, 0.5) is 5.69 Å². The lowest BCUT2D eigenvalue weighted by atomic mass is 10.2. The third-order valence-corrected chi connectivity index (χ3v) is 6.43. The zero-order chi connectivity index (χ0) is 22.4. The Labute approximate surface area is 185 Å². The van der Waals surface area contributed by atoms with Gasteiger partial charge in [0.1, 0.15) is 0 Å². The number of rotatable bonds is 8. The average Bonchev–Trinajstić information content (AvgIpc) is 2.74. The second-order valence-corrected chi connectivity index (χ2v) is 9.08. The maximum absolute atomic E-state index is 13.2. The molecule has 0 saturated carbocycles. The number of sulfonamides is 1. The lowest BCUT2D eigenvalue weighted by molar-refractivity contribution is -0.116. The fourth-order valence-electron chi connectivity index (χ4n) is 2.87. The van der Waals surface area contributed by atoms with Gasteiger partial charge in [0, 0.05) is 22.8 Å². The minimum atomic E-state index is -4.00. The van der Waals surface area contributed by atoms with Crippen LogP contribution in [0.2, 0.25) is 5.02 Å². The number of nitrogens with zero attached hydrogens (tertiary/aromatic N) is 1. The number of carbonyl (C=O) groups excluding carboxylic acids is 2. The Kier molecular flexibility index (Phi) is 7.06. The van der Waals surface area contributed by atoms with Crippen LogP contribution in [0.1, 0.15) is 15.9 Å². The van der Waals surface area contributed by atoms with Gasteiger partial charge in [-0.3, -0.25) is 9.59 Å². The lowest BCUT2D eigenvalue weighted by Crippen LogP contribution is -2.37. The van der Waals surface area contributed by atoms with Crippen molar-refractivity contribution in [2.24, 2.45) is 5.73 Å². The number of nitrogens with two attached hydrogens (primary N) is 1. The maximum atomic E-state index is 13.2. The van der Waals surface area contributed by atoms with Crippen LogP contribution < -0.4 is 11.1 Å². The van der Waals surface area contributed by atoms with Gasteiger partial charge in [0.2, 0.25) is 21.8 Å². The van der Waals surface area contributed by atoms with Gasteiger partial charge in [-0.1, -0.05) is 48.0 Å². The minimum Gasteiger partial charge on any atom is -0.366 e. The zero-order valence-electron chi connectivity index (χ0n) is 16.4. The van der Waals surface area contributed by atoms with E-state index < -0.39 is 28.4 Å². The van der Waals surface area contributed by atoms with E-state index in [4.69, 9.17) is 17.3 Å². The van der Waals surface area contributed by atoms with Gasteiger partial charge in [-0.15, -0.1) is 0 Å². The van der Waals surface area contributed by atoms with Crippen molar-refractivity contribution in [2.75, 3.05) is 11.9 Å². The Balaban J connectivity index is 1.84. The predicted octanol–water partition coefficient (Wildman–Crippen LogP) is 3.27. The number of anilines is 1. The highest BCUT2D eigenvalue weighted by atomic mass is 35.5. The largest absolute Gasteiger partial charge is 0.366 e. The van der Waals surface area contributed by atoms with Gasteiger partial charge in [-0.05, 0) is 48.0 Å². The van der Waals surface area contributed by atoms with Crippen molar-refractivity contribution < 1.29 is 18.0 Å². The second kappa shape index (κ2) is 9.74. The fraction of sp³-hybridized carbons (Fsp3) is 0.0909. The summed E-state index contributed by atoms with van der Waals surface area (Å²) in [6, 6.07) is 20.8. The smallest absolute Gasteiger partial charge is 0.248 e. The second-order valence-electron chi connectivity index (χ2n) is 6.71. The summed E-state index contributed by atoms with van der Waals surface area (Å²) < 4.78 is 27.5. The molecule has 0 aliphatic rings. The highest BCUT2D eigenvalue weighted by Gasteiger charge is 2.27. The molecule has 0 aliphatic heterocycles. The quantitative estimate of drug-likeness (QED) is 0.540. The van der Waals surface area contributed by atoms with Gasteiger partial charge in [0.15, 0.2) is 0 Å². The van der Waals surface area contributed by atoms with Crippen LogP contribution >= 0.6 is 11.6 Å². The Bertz CT molecular complexity index is 1180. The van der Waals surface area contributed by atoms with Gasteiger partial charge in [-0.2, -0.15) is 4.31 Å². The molecule has 2 amide bonds. The molecule has 3 N–H and O–H groups in total. The SMILES string of the molecule is NC(=O)c1ccc(NC(=O)CN(Cc2ccccc2)S(=O)(=O)c2cccc(Cl)c2)cc1. The molecule has 9 heteroatoms. The lowest BCUT2D eigenvalue weighted by Gasteiger charge is -2.22. The Morgan fingerprint density at radius 1 is 0.935 bits per heavy atom. The van der Waals surface area contributed by atoms with E-state index in [1.807, 2.05) is 6.07 Å². The molecule has 0 heterocycles. The van der Waals surface area contributed by atoms with E-state index in [1.54, 1.807) is 30.3 Å². The van der Waals surface area contributed by atoms with Gasteiger partial charge in [-0.25, -0.2) is 8.42 Å². The van der Waals surface area contributed by atoms with Crippen molar-refractivity contribution in [2.45, 2.75) is 11.4 Å². The first-order chi connectivity index (χ1) is 14.8. The zero-order valence-corrected chi connectivity index (χ0v) is 17.9. The molecule has 0 aliphatic carbocycles. The number of carbonyl (C=O) groups is 2. The molecule has 0 aromatic heterocycles. The van der Waals surface area contributed by atoms with Crippen molar-refractivity contribution in [3.63, 3.8) is 0 Å². The topological polar surface area (TPSA) is 110 Å². The molecular weight excluding hydrogens is 438 g/mol. The van der Waals surface area contributed by atoms with Gasteiger partial charge in [0.25, 0.3) is 0 Å². The molecule has 3 rings (SSSR count). The molecule has 3 aromatic rings. The van der Waals surface area contributed by atoms with E-state index in [2.05, 4.69) is 5.32 Å². The highest BCUT2D eigenvalue weighted by Crippen LogP contribution is 2.22. The van der Waals surface area contributed by atoms with E-state index in [0.29, 0.717) is 11.3 Å². The van der Waals surface area contributed by atoms with Gasteiger partial charge >= 0.3 is 0 Å². The van der Waals surface area contributed by atoms with Crippen LogP contribution in [0.25, 0.3) is 0 Å². The fourth-order valence-corrected chi connectivity index (χ4v) is 4.55. The van der Waals surface area contributed by atoms with Crippen molar-refractivity contribution >= 4 is 39.1 Å². The monoisotopic (exact) mass is 457 g/mol. The van der Waals surface area contributed by atoms with E-state index in [-0.39, 0.29) is 16.5 Å². The van der Waals surface area contributed by atoms with Crippen molar-refractivity contribution in [1.29, 1.82) is 0 Å². The Morgan fingerprint density at radius 3 is 2.23 bits per heavy atom. The first-order valence-electron chi connectivity index (χ1n) is 9.25. The normalized spacial score (nSPS) is 11.3. The van der Waals surface area contributed by atoms with E-state index in [0.717, 1.165) is 9.87 Å². The number of hydrogen-bond acceptors (Lipinski definition) is 4. The number of primary amides is 1. The molecule has 0 spiro atoms. The summed E-state index contributed by atoms with van der Waals surface area (Å²) in [6.45, 7) is -0.412. The first kappa shape index (κ1) is 22.5. The first-order valence-corrected chi connectivity index (χ1v) is 11.1. The average molecular weight is 458 g/mol. The van der Waals surface area contributed by atoms with E-state index in [1.165, 1.54) is 42.5 Å². The number of halogens is 1. The molecule has 0 radical (unpaired) electrons. The van der Waals surface area contributed by atoms with Crippen LogP contribution in [0, 0.1) is 0 Å². The van der Waals surface area contributed by atoms with Crippen LogP contribution in [-0.4, -0.2) is 31.1 Å². The number of hydrogen-bond donors (Lipinski definition) is 2. The summed E-state index contributed by atoms with van der Waals surface area (Å²) in [4.78, 5) is 23.8. The van der Waals surface area contributed by atoms with Gasteiger partial charge in [0.05, 0.1) is 11.4 Å². The molecule has 0 saturated heterocycles. The van der Waals surface area contributed by atoms with Crippen LogP contribution in [0.15, 0.2) is 83.8 Å². The summed E-state index contributed by atoms with van der Waals surface area (Å²) >= 11 is 5.97. The third-order valence-electron chi connectivity index (χ3n) is 4.41. The predicted molar refractivity (Wildman–Crippen MR) is 119 cm³/mol.